The van der Waals surface area contributed by atoms with Crippen LogP contribution in [0.1, 0.15) is 63.9 Å². The highest BCUT2D eigenvalue weighted by atomic mass is 16.7. The van der Waals surface area contributed by atoms with Gasteiger partial charge in [0, 0.05) is 6.42 Å². The topological polar surface area (TPSA) is 149 Å². The molecule has 0 bridgehead atoms. The Morgan fingerprint density at radius 2 is 1.80 bits per heavy atom. The van der Waals surface area contributed by atoms with Crippen LogP contribution in [-0.4, -0.2) is 87.5 Å². The zero-order chi connectivity index (χ0) is 25.6. The minimum absolute atomic E-state index is 0.0639. The molecule has 9 nitrogen and oxygen atoms in total. The van der Waals surface area contributed by atoms with E-state index in [2.05, 4.69) is 17.4 Å². The Morgan fingerprint density at radius 1 is 1.06 bits per heavy atom. The van der Waals surface area contributed by atoms with Crippen LogP contribution in [0.4, 0.5) is 0 Å². The molecule has 4 unspecified atom stereocenters. The number of carbonyl (C=O) groups excluding carboxylic acids is 1. The second-order valence-electron chi connectivity index (χ2n) is 9.37. The fourth-order valence-corrected chi connectivity index (χ4v) is 4.21. The second kappa shape index (κ2) is 16.2. The van der Waals surface area contributed by atoms with E-state index in [-0.39, 0.29) is 18.9 Å². The molecule has 9 heteroatoms. The summed E-state index contributed by atoms with van der Waals surface area (Å²) in [6, 6.07) is 9.69. The summed E-state index contributed by atoms with van der Waals surface area (Å²) >= 11 is 0. The van der Waals surface area contributed by atoms with Gasteiger partial charge in [0.1, 0.15) is 24.4 Å². The fourth-order valence-electron chi connectivity index (χ4n) is 4.21. The van der Waals surface area contributed by atoms with Crippen molar-refractivity contribution in [2.75, 3.05) is 13.2 Å². The van der Waals surface area contributed by atoms with Gasteiger partial charge in [0.2, 0.25) is 5.91 Å². The maximum Gasteiger partial charge on any atom is 0.220 e. The predicted octanol–water partition coefficient (Wildman–Crippen LogP) is 1.03. The van der Waals surface area contributed by atoms with Gasteiger partial charge in [-0.25, -0.2) is 0 Å². The smallest absolute Gasteiger partial charge is 0.220 e. The lowest BCUT2D eigenvalue weighted by molar-refractivity contribution is -0.302. The van der Waals surface area contributed by atoms with Crippen molar-refractivity contribution in [3.63, 3.8) is 0 Å². The van der Waals surface area contributed by atoms with Crippen LogP contribution in [0.5, 0.6) is 0 Å². The molecular formula is C26H43NO8. The maximum absolute atomic E-state index is 12.6. The number of amides is 1. The van der Waals surface area contributed by atoms with Crippen molar-refractivity contribution >= 4 is 5.91 Å². The number of carbonyl (C=O) groups is 1. The van der Waals surface area contributed by atoms with E-state index in [0.717, 1.165) is 38.5 Å². The van der Waals surface area contributed by atoms with E-state index in [1.807, 2.05) is 25.1 Å². The number of hydrogen-bond acceptors (Lipinski definition) is 8. The molecule has 0 aromatic heterocycles. The Kier molecular flexibility index (Phi) is 13.7. The first-order chi connectivity index (χ1) is 16.8. The summed E-state index contributed by atoms with van der Waals surface area (Å²) in [7, 11) is 0. The van der Waals surface area contributed by atoms with Crippen LogP contribution in [0.25, 0.3) is 0 Å². The average Bonchev–Trinajstić information content (AvgIpc) is 2.86. The third kappa shape index (κ3) is 10.5. The number of ether oxygens (including phenoxy) is 2. The number of rotatable bonds is 16. The summed E-state index contributed by atoms with van der Waals surface area (Å²) in [5.74, 6) is -0.144. The molecule has 1 aromatic rings. The first-order valence-corrected chi connectivity index (χ1v) is 12.8. The SMILES string of the molecule is CCCC[C@@H](O)CC(CO[C@H]1OC(CO)[C@H](O)C(O)C1O)NC(=O)CCCCCc1ccccc1. The Hall–Kier alpha value is -1.59. The second-order valence-corrected chi connectivity index (χ2v) is 9.37. The monoisotopic (exact) mass is 497 g/mol. The maximum atomic E-state index is 12.6. The standard InChI is InChI=1S/C26H43NO8/c1-2-3-13-20(29)15-19(17-34-26-25(33)24(32)23(31)21(16-28)35-26)27-22(30)14-9-5-8-12-18-10-6-4-7-11-18/h4,6-7,10-11,19-21,23-26,28-29,31-33H,2-3,5,8-9,12-17H2,1H3,(H,27,30)/t19?,20-,21?,23+,24?,25?,26+/m1/s1. The lowest BCUT2D eigenvalue weighted by Crippen LogP contribution is -2.59. The molecule has 6 N–H and O–H groups in total. The van der Waals surface area contributed by atoms with Crippen LogP contribution in [0.3, 0.4) is 0 Å². The van der Waals surface area contributed by atoms with Crippen molar-refractivity contribution in [1.82, 2.24) is 5.32 Å². The van der Waals surface area contributed by atoms with Gasteiger partial charge < -0.3 is 40.3 Å². The molecule has 1 aromatic carbocycles. The summed E-state index contributed by atoms with van der Waals surface area (Å²) in [4.78, 5) is 12.6. The molecule has 200 valence electrons. The zero-order valence-electron chi connectivity index (χ0n) is 20.7. The van der Waals surface area contributed by atoms with Crippen molar-refractivity contribution in [3.05, 3.63) is 35.9 Å². The highest BCUT2D eigenvalue weighted by Crippen LogP contribution is 2.22. The van der Waals surface area contributed by atoms with Gasteiger partial charge in [0.05, 0.1) is 25.4 Å². The first-order valence-electron chi connectivity index (χ1n) is 12.8. The number of aliphatic hydroxyl groups excluding tert-OH is 5. The highest BCUT2D eigenvalue weighted by molar-refractivity contribution is 5.76. The Bertz CT molecular complexity index is 704. The zero-order valence-corrected chi connectivity index (χ0v) is 20.7. The van der Waals surface area contributed by atoms with Gasteiger partial charge in [-0.3, -0.25) is 4.79 Å². The van der Waals surface area contributed by atoms with Crippen molar-refractivity contribution in [3.8, 4) is 0 Å². The van der Waals surface area contributed by atoms with Gasteiger partial charge in [-0.2, -0.15) is 0 Å². The Morgan fingerprint density at radius 3 is 2.49 bits per heavy atom. The molecule has 1 aliphatic rings. The van der Waals surface area contributed by atoms with Crippen LogP contribution in [0.15, 0.2) is 30.3 Å². The van der Waals surface area contributed by atoms with Crippen LogP contribution in [-0.2, 0) is 20.7 Å². The summed E-state index contributed by atoms with van der Waals surface area (Å²) in [5.41, 5.74) is 1.28. The first kappa shape index (κ1) is 29.6. The molecule has 0 aliphatic carbocycles. The summed E-state index contributed by atoms with van der Waals surface area (Å²) in [5, 5.41) is 52.7. The number of aliphatic hydroxyl groups is 5. The van der Waals surface area contributed by atoms with E-state index in [9.17, 15) is 30.3 Å². The molecule has 1 saturated heterocycles. The van der Waals surface area contributed by atoms with Crippen molar-refractivity contribution in [2.24, 2.45) is 0 Å². The van der Waals surface area contributed by atoms with Crippen molar-refractivity contribution in [1.29, 1.82) is 0 Å². The van der Waals surface area contributed by atoms with Gasteiger partial charge in [-0.05, 0) is 37.7 Å². The van der Waals surface area contributed by atoms with Crippen molar-refractivity contribution < 1.29 is 39.8 Å². The molecule has 0 saturated carbocycles. The number of hydrogen-bond donors (Lipinski definition) is 6. The van der Waals surface area contributed by atoms with Gasteiger partial charge in [-0.15, -0.1) is 0 Å². The van der Waals surface area contributed by atoms with Gasteiger partial charge in [0.15, 0.2) is 6.29 Å². The molecule has 1 heterocycles. The van der Waals surface area contributed by atoms with Crippen LogP contribution in [0.2, 0.25) is 0 Å². The van der Waals surface area contributed by atoms with Crippen molar-refractivity contribution in [2.45, 2.75) is 108 Å². The molecule has 1 aliphatic heterocycles. The van der Waals surface area contributed by atoms with E-state index in [4.69, 9.17) is 9.47 Å². The Labute approximate surface area is 208 Å². The Balaban J connectivity index is 1.82. The summed E-state index contributed by atoms with van der Waals surface area (Å²) in [6.45, 7) is 1.42. The van der Waals surface area contributed by atoms with Gasteiger partial charge in [-0.1, -0.05) is 56.5 Å². The van der Waals surface area contributed by atoms with Gasteiger partial charge >= 0.3 is 0 Å². The molecule has 2 rings (SSSR count). The van der Waals surface area contributed by atoms with Crippen LogP contribution < -0.4 is 5.32 Å². The normalized spacial score (nSPS) is 26.3. The number of unbranched alkanes of at least 4 members (excludes halogenated alkanes) is 3. The van der Waals surface area contributed by atoms with E-state index < -0.39 is 49.5 Å². The highest BCUT2D eigenvalue weighted by Gasteiger charge is 2.44. The van der Waals surface area contributed by atoms with E-state index in [1.54, 1.807) is 0 Å². The van der Waals surface area contributed by atoms with E-state index in [1.165, 1.54) is 5.56 Å². The van der Waals surface area contributed by atoms with E-state index >= 15 is 0 Å². The lowest BCUT2D eigenvalue weighted by Gasteiger charge is -2.40. The third-order valence-electron chi connectivity index (χ3n) is 6.33. The number of nitrogens with one attached hydrogen (secondary N) is 1. The van der Waals surface area contributed by atoms with Crippen LogP contribution >= 0.6 is 0 Å². The third-order valence-corrected chi connectivity index (χ3v) is 6.33. The minimum Gasteiger partial charge on any atom is -0.394 e. The summed E-state index contributed by atoms with van der Waals surface area (Å²) < 4.78 is 11.0. The quantitative estimate of drug-likeness (QED) is 0.186. The molecule has 1 amide bonds. The molecular weight excluding hydrogens is 454 g/mol. The number of aryl methyl sites for hydroxylation is 1. The number of benzene rings is 1. The van der Waals surface area contributed by atoms with Gasteiger partial charge in [0.25, 0.3) is 0 Å². The molecule has 0 spiro atoms. The lowest BCUT2D eigenvalue weighted by atomic mass is 9.99. The van der Waals surface area contributed by atoms with Crippen LogP contribution in [0, 0.1) is 0 Å². The van der Waals surface area contributed by atoms with E-state index in [0.29, 0.717) is 12.8 Å². The average molecular weight is 498 g/mol. The molecule has 1 fully saturated rings. The molecule has 35 heavy (non-hydrogen) atoms. The molecule has 7 atom stereocenters. The fraction of sp³-hybridized carbons (Fsp3) is 0.731. The summed E-state index contributed by atoms with van der Waals surface area (Å²) in [6.07, 6.45) is -0.821. The predicted molar refractivity (Wildman–Crippen MR) is 130 cm³/mol. The largest absolute Gasteiger partial charge is 0.394 e. The molecule has 0 radical (unpaired) electrons. The minimum atomic E-state index is -1.54.